The Labute approximate surface area is 230 Å². The van der Waals surface area contributed by atoms with E-state index in [4.69, 9.17) is 4.52 Å². The number of carbonyl (C=O) groups excluding carboxylic acids is 1. The van der Waals surface area contributed by atoms with Crippen molar-refractivity contribution in [2.45, 2.75) is 19.6 Å². The molecule has 0 saturated carbocycles. The molecule has 0 fully saturated rings. The monoisotopic (exact) mass is 568 g/mol. The number of fused-ring (bicyclic) bond motifs is 3. The lowest BCUT2D eigenvalue weighted by Gasteiger charge is -2.19. The van der Waals surface area contributed by atoms with Crippen molar-refractivity contribution in [2.75, 3.05) is 17.2 Å². The number of aromatic nitrogens is 5. The largest absolute Gasteiger partial charge is 0.416 e. The molecule has 10 nitrogen and oxygen atoms in total. The highest BCUT2D eigenvalue weighted by molar-refractivity contribution is 6.03. The summed E-state index contributed by atoms with van der Waals surface area (Å²) >= 11 is 0. The number of hydrogen-bond donors (Lipinski definition) is 2. The topological polar surface area (TPSA) is 123 Å². The van der Waals surface area contributed by atoms with Crippen molar-refractivity contribution in [3.8, 4) is 22.5 Å². The van der Waals surface area contributed by atoms with Gasteiger partial charge in [0.25, 0.3) is 11.5 Å². The van der Waals surface area contributed by atoms with Crippen LogP contribution in [0.1, 0.15) is 21.6 Å². The average Bonchev–Trinajstić information content (AvgIpc) is 3.62. The first-order valence-corrected chi connectivity index (χ1v) is 11.8. The quantitative estimate of drug-likeness (QED) is 0.309. The number of alkyl halides is 3. The predicted molar refractivity (Wildman–Crippen MR) is 141 cm³/mol. The zero-order valence-corrected chi connectivity index (χ0v) is 21.5. The molecule has 1 amide bonds. The van der Waals surface area contributed by atoms with Gasteiger partial charge < -0.3 is 19.7 Å². The van der Waals surface area contributed by atoms with Crippen LogP contribution in [0.4, 0.5) is 30.4 Å². The molecule has 40 heavy (non-hydrogen) atoms. The number of hydrogen-bond acceptors (Lipinski definition) is 8. The number of halogens is 4. The average molecular weight is 569 g/mol. The summed E-state index contributed by atoms with van der Waals surface area (Å²) in [5, 5.41) is 9.70. The maximum atomic E-state index is 13.1. The zero-order valence-electron chi connectivity index (χ0n) is 20.7. The number of aryl methyl sites for hydroxylation is 1. The third-order valence-electron chi connectivity index (χ3n) is 6.25. The molecule has 0 spiro atoms. The summed E-state index contributed by atoms with van der Waals surface area (Å²) in [6.07, 6.45) is 0.933. The van der Waals surface area contributed by atoms with Crippen LogP contribution in [0, 0.1) is 6.92 Å². The van der Waals surface area contributed by atoms with Gasteiger partial charge in [-0.1, -0.05) is 11.2 Å². The van der Waals surface area contributed by atoms with Crippen LogP contribution in [0.5, 0.6) is 0 Å². The summed E-state index contributed by atoms with van der Waals surface area (Å²) in [7, 11) is 0. The Morgan fingerprint density at radius 1 is 1.12 bits per heavy atom. The van der Waals surface area contributed by atoms with E-state index in [0.717, 1.165) is 46.4 Å². The van der Waals surface area contributed by atoms with Gasteiger partial charge in [-0.2, -0.15) is 18.2 Å². The van der Waals surface area contributed by atoms with Crippen LogP contribution in [0.2, 0.25) is 0 Å². The first-order valence-electron chi connectivity index (χ1n) is 11.8. The number of anilines is 2. The molecule has 2 aromatic heterocycles. The minimum atomic E-state index is -4.58. The second-order valence-corrected chi connectivity index (χ2v) is 8.84. The molecule has 2 N–H and O–H groups in total. The van der Waals surface area contributed by atoms with E-state index < -0.39 is 17.6 Å². The Morgan fingerprint density at radius 3 is 2.75 bits per heavy atom. The van der Waals surface area contributed by atoms with Crippen LogP contribution in [0.25, 0.3) is 22.5 Å². The van der Waals surface area contributed by atoms with Crippen LogP contribution in [-0.4, -0.2) is 37.1 Å². The number of nitrogens with zero attached hydrogens (tertiary/aromatic N) is 6. The minimum absolute atomic E-state index is 0. The number of amides is 1. The Bertz CT molecular complexity index is 1750. The predicted octanol–water partition coefficient (Wildman–Crippen LogP) is 5.09. The maximum absolute atomic E-state index is 13.1. The maximum Gasteiger partial charge on any atom is 0.416 e. The summed E-state index contributed by atoms with van der Waals surface area (Å²) in [5.74, 6) is 0.787. The molecule has 0 unspecified atom stereocenters. The fourth-order valence-corrected chi connectivity index (χ4v) is 4.41. The molecule has 0 saturated heterocycles. The number of rotatable bonds is 4. The standard InChI is InChI=1S/C26H19F3N8O2.ClH/c1-14-2-3-17(34-24(38)21-9-16(4-5-30-21)26(27,28)29)10-19(14)20-8-15-11-32-25(35-18-12-33-39-13-18)36-22(15)37-7-6-31-23(20)37;/h2-5,8-13,31H,6-7H2,1H3,(H,34,38);1H. The zero-order chi connectivity index (χ0) is 27.1. The molecule has 0 atom stereocenters. The molecule has 3 aliphatic rings. The van der Waals surface area contributed by atoms with Crippen LogP contribution in [0.3, 0.4) is 0 Å². The lowest BCUT2D eigenvalue weighted by atomic mass is 9.98. The van der Waals surface area contributed by atoms with Crippen LogP contribution >= 0.6 is 12.4 Å². The second kappa shape index (κ2) is 10.4. The molecule has 1 aromatic carbocycles. The van der Waals surface area contributed by atoms with Gasteiger partial charge in [-0.15, -0.1) is 12.4 Å². The summed E-state index contributed by atoms with van der Waals surface area (Å²) in [6.45, 7) is 3.29. The van der Waals surface area contributed by atoms with E-state index in [1.807, 2.05) is 23.6 Å². The lowest BCUT2D eigenvalue weighted by molar-refractivity contribution is -0.137. The molecule has 3 aliphatic heterocycles. The number of carbonyl (C=O) groups is 1. The minimum Gasteiger partial charge on any atom is -0.369 e. The van der Waals surface area contributed by atoms with Gasteiger partial charge >= 0.3 is 6.18 Å². The molecular weight excluding hydrogens is 549 g/mol. The molecule has 6 rings (SSSR count). The molecule has 0 bridgehead atoms. The van der Waals surface area contributed by atoms with Crippen molar-refractivity contribution in [1.29, 1.82) is 0 Å². The van der Waals surface area contributed by atoms with E-state index >= 15 is 0 Å². The van der Waals surface area contributed by atoms with Crippen LogP contribution in [-0.2, 0) is 12.7 Å². The van der Waals surface area contributed by atoms with Gasteiger partial charge in [-0.25, -0.2) is 9.98 Å². The molecule has 3 aromatic rings. The molecule has 14 heteroatoms. The normalized spacial score (nSPS) is 13.1. The van der Waals surface area contributed by atoms with E-state index in [1.165, 1.54) is 12.5 Å². The highest BCUT2D eigenvalue weighted by atomic mass is 35.5. The van der Waals surface area contributed by atoms with Crippen molar-refractivity contribution in [3.05, 3.63) is 83.7 Å². The van der Waals surface area contributed by atoms with E-state index in [2.05, 4.69) is 35.7 Å². The van der Waals surface area contributed by atoms with Crippen molar-refractivity contribution in [2.24, 2.45) is 4.99 Å². The molecule has 5 heterocycles. The number of nitrogens with one attached hydrogen (secondary N) is 2. The van der Waals surface area contributed by atoms with Crippen molar-refractivity contribution in [3.63, 3.8) is 0 Å². The van der Waals surface area contributed by atoms with E-state index in [-0.39, 0.29) is 23.7 Å². The Balaban J connectivity index is 0.00000323. The number of benzene rings is 1. The highest BCUT2D eigenvalue weighted by Gasteiger charge is 2.31. The summed E-state index contributed by atoms with van der Waals surface area (Å²) < 4.78 is 46.1. The van der Waals surface area contributed by atoms with Gasteiger partial charge in [0.1, 0.15) is 29.3 Å². The van der Waals surface area contributed by atoms with Crippen LogP contribution < -0.4 is 16.3 Å². The molecule has 204 valence electrons. The van der Waals surface area contributed by atoms with Crippen LogP contribution in [0.15, 0.2) is 70.8 Å². The van der Waals surface area contributed by atoms with E-state index in [9.17, 15) is 18.0 Å². The van der Waals surface area contributed by atoms with Gasteiger partial charge in [0, 0.05) is 42.3 Å². The van der Waals surface area contributed by atoms with Gasteiger partial charge in [0.15, 0.2) is 0 Å². The van der Waals surface area contributed by atoms with Crippen molar-refractivity contribution >= 4 is 35.5 Å². The number of pyridine rings is 2. The molecular formula is C26H20ClF3N8O2. The van der Waals surface area contributed by atoms with Gasteiger partial charge in [0.05, 0.1) is 11.8 Å². The van der Waals surface area contributed by atoms with Crippen molar-refractivity contribution < 1.29 is 22.5 Å². The molecule has 0 aliphatic carbocycles. The summed E-state index contributed by atoms with van der Waals surface area (Å²) in [6, 6.07) is 8.79. The van der Waals surface area contributed by atoms with Crippen molar-refractivity contribution in [1.82, 2.24) is 24.7 Å². The fourth-order valence-electron chi connectivity index (χ4n) is 4.41. The van der Waals surface area contributed by atoms with Gasteiger partial charge in [0.2, 0.25) is 0 Å². The Morgan fingerprint density at radius 2 is 1.98 bits per heavy atom. The first kappa shape index (κ1) is 26.8. The Kier molecular flexibility index (Phi) is 6.98. The van der Waals surface area contributed by atoms with E-state index in [0.29, 0.717) is 30.3 Å². The smallest absolute Gasteiger partial charge is 0.369 e. The van der Waals surface area contributed by atoms with Gasteiger partial charge in [-0.05, 0) is 48.4 Å². The fraction of sp³-hybridized carbons (Fsp3) is 0.154. The van der Waals surface area contributed by atoms with Gasteiger partial charge in [-0.3, -0.25) is 9.78 Å². The SMILES string of the molecule is Cc1ccc(NC(=O)c2cc(C(F)(F)F)ccn2)cc1-c1cc2cnc(=Nc3cnoc3)nc-2n2c1NCC2.Cl. The molecule has 0 radical (unpaired) electrons. The highest BCUT2D eigenvalue weighted by Crippen LogP contribution is 2.39. The summed E-state index contributed by atoms with van der Waals surface area (Å²) in [4.78, 5) is 29.9. The lowest BCUT2D eigenvalue weighted by Crippen LogP contribution is -2.17. The third-order valence-corrected chi connectivity index (χ3v) is 6.25. The third kappa shape index (κ3) is 5.10. The second-order valence-electron chi connectivity index (χ2n) is 8.84. The van der Waals surface area contributed by atoms with E-state index in [1.54, 1.807) is 18.3 Å². The Hall–Kier alpha value is -4.78. The first-order chi connectivity index (χ1) is 18.8. The summed E-state index contributed by atoms with van der Waals surface area (Å²) in [5.41, 5.74) is 3.30.